The van der Waals surface area contributed by atoms with Crippen LogP contribution in [-0.4, -0.2) is 20.8 Å². The van der Waals surface area contributed by atoms with Crippen LogP contribution >= 0.6 is 31.9 Å². The fourth-order valence-electron chi connectivity index (χ4n) is 1.23. The first-order valence-electron chi connectivity index (χ1n) is 4.19. The van der Waals surface area contributed by atoms with E-state index in [9.17, 15) is 9.59 Å². The average molecular weight is 342 g/mol. The van der Waals surface area contributed by atoms with Crippen LogP contribution in [0.25, 0.3) is 0 Å². The molecule has 1 rings (SSSR count). The Morgan fingerprint density at radius 1 is 1.40 bits per heavy atom. The summed E-state index contributed by atoms with van der Waals surface area (Å²) in [6.07, 6.45) is 0. The zero-order valence-electron chi connectivity index (χ0n) is 8.04. The summed E-state index contributed by atoms with van der Waals surface area (Å²) < 4.78 is 2.71. The number of hydrogen-bond donors (Lipinski definition) is 1. The fourth-order valence-corrected chi connectivity index (χ4v) is 2.81. The van der Waals surface area contributed by atoms with Gasteiger partial charge in [-0.05, 0) is 15.9 Å². The van der Waals surface area contributed by atoms with E-state index in [4.69, 9.17) is 5.11 Å². The van der Waals surface area contributed by atoms with Gasteiger partial charge in [-0.1, -0.05) is 15.9 Å². The second-order valence-corrected chi connectivity index (χ2v) is 4.27. The predicted molar refractivity (Wildman–Crippen MR) is 63.4 cm³/mol. The monoisotopic (exact) mass is 340 g/mol. The van der Waals surface area contributed by atoms with Crippen molar-refractivity contribution in [3.63, 3.8) is 0 Å². The molecule has 1 N–H and O–H groups in total. The van der Waals surface area contributed by atoms with Gasteiger partial charge in [0.05, 0.1) is 18.8 Å². The molecule has 0 saturated heterocycles. The molecule has 0 aliphatic carbocycles. The molecule has 0 unspecified atom stereocenters. The minimum absolute atomic E-state index is 0.148. The van der Waals surface area contributed by atoms with Gasteiger partial charge in [-0.15, -0.1) is 0 Å². The number of halogens is 2. The van der Waals surface area contributed by atoms with Crippen molar-refractivity contribution in [3.8, 4) is 0 Å². The van der Waals surface area contributed by atoms with Gasteiger partial charge < -0.3 is 5.11 Å². The predicted octanol–water partition coefficient (Wildman–Crippen LogP) is 0.197. The lowest BCUT2D eigenvalue weighted by atomic mass is 10.4. The van der Waals surface area contributed by atoms with Crippen LogP contribution in [0.3, 0.4) is 0 Å². The van der Waals surface area contributed by atoms with Gasteiger partial charge in [-0.25, -0.2) is 4.79 Å². The molecule has 0 spiro atoms. The normalized spacial score (nSPS) is 10.7. The van der Waals surface area contributed by atoms with Crippen LogP contribution in [0.1, 0.15) is 5.69 Å². The fraction of sp³-hybridized carbons (Fsp3) is 0.500. The lowest BCUT2D eigenvalue weighted by molar-refractivity contribution is 0.270. The highest BCUT2D eigenvalue weighted by Gasteiger charge is 2.13. The minimum Gasteiger partial charge on any atom is -0.395 e. The summed E-state index contributed by atoms with van der Waals surface area (Å²) in [5.74, 6) is 0. The molecule has 0 atom stereocenters. The van der Waals surface area contributed by atoms with Gasteiger partial charge in [-0.3, -0.25) is 13.9 Å². The van der Waals surface area contributed by atoms with Crippen LogP contribution in [0, 0.1) is 0 Å². The van der Waals surface area contributed by atoms with E-state index in [1.165, 1.54) is 11.6 Å². The summed E-state index contributed by atoms with van der Waals surface area (Å²) in [6.45, 7) is 0.0248. The van der Waals surface area contributed by atoms with E-state index >= 15 is 0 Å². The van der Waals surface area contributed by atoms with Crippen LogP contribution in [0.2, 0.25) is 0 Å². The van der Waals surface area contributed by atoms with Gasteiger partial charge in [0.1, 0.15) is 4.47 Å². The Hall–Kier alpha value is -0.400. The van der Waals surface area contributed by atoms with Crippen LogP contribution < -0.4 is 11.2 Å². The number of hydrogen-bond acceptors (Lipinski definition) is 3. The maximum absolute atomic E-state index is 11.7. The lowest BCUT2D eigenvalue weighted by Crippen LogP contribution is -2.40. The van der Waals surface area contributed by atoms with Crippen LogP contribution in [-0.2, 0) is 18.9 Å². The highest BCUT2D eigenvalue weighted by molar-refractivity contribution is 9.10. The molecule has 1 aromatic heterocycles. The summed E-state index contributed by atoms with van der Waals surface area (Å²) >= 11 is 6.34. The molecule has 0 bridgehead atoms. The molecule has 7 heteroatoms. The Bertz CT molecular complexity index is 478. The van der Waals surface area contributed by atoms with E-state index in [0.717, 1.165) is 4.57 Å². The number of aliphatic hydroxyl groups excluding tert-OH is 1. The van der Waals surface area contributed by atoms with Crippen molar-refractivity contribution in [1.29, 1.82) is 0 Å². The zero-order chi connectivity index (χ0) is 11.6. The molecule has 0 aromatic carbocycles. The largest absolute Gasteiger partial charge is 0.395 e. The smallest absolute Gasteiger partial charge is 0.331 e. The maximum Gasteiger partial charge on any atom is 0.331 e. The Kier molecular flexibility index (Phi) is 4.30. The summed E-state index contributed by atoms with van der Waals surface area (Å²) in [6, 6.07) is 0. The third-order valence-electron chi connectivity index (χ3n) is 2.04. The summed E-state index contributed by atoms with van der Waals surface area (Å²) in [4.78, 5) is 23.2. The molecule has 0 amide bonds. The van der Waals surface area contributed by atoms with Crippen molar-refractivity contribution in [3.05, 3.63) is 31.0 Å². The molecular weight excluding hydrogens is 332 g/mol. The highest BCUT2D eigenvalue weighted by Crippen LogP contribution is 2.13. The van der Waals surface area contributed by atoms with Crippen molar-refractivity contribution >= 4 is 31.9 Å². The highest BCUT2D eigenvalue weighted by atomic mass is 79.9. The van der Waals surface area contributed by atoms with E-state index in [1.54, 1.807) is 0 Å². The second-order valence-electron chi connectivity index (χ2n) is 2.92. The van der Waals surface area contributed by atoms with Gasteiger partial charge >= 0.3 is 5.69 Å². The molecular formula is C8H10Br2N2O3. The number of aromatic nitrogens is 2. The molecule has 1 aromatic rings. The standard InChI is InChI=1S/C8H10Br2N2O3/c1-11-7(14)6(10)5(4-9)12(2-3-13)8(11)15/h13H,2-4H2,1H3. The first-order chi connectivity index (χ1) is 7.04. The zero-order valence-corrected chi connectivity index (χ0v) is 11.2. The summed E-state index contributed by atoms with van der Waals surface area (Å²) in [5, 5.41) is 9.21. The second kappa shape index (κ2) is 5.09. The average Bonchev–Trinajstić information content (AvgIpc) is 2.24. The summed E-state index contributed by atoms with van der Waals surface area (Å²) in [5.41, 5.74) is -0.257. The molecule has 5 nitrogen and oxygen atoms in total. The van der Waals surface area contributed by atoms with Gasteiger partial charge in [0.2, 0.25) is 0 Å². The molecule has 0 saturated carbocycles. The first-order valence-corrected chi connectivity index (χ1v) is 6.11. The van der Waals surface area contributed by atoms with E-state index in [2.05, 4.69) is 31.9 Å². The van der Waals surface area contributed by atoms with E-state index in [-0.39, 0.29) is 18.7 Å². The molecule has 0 radical (unpaired) electrons. The number of alkyl halides is 1. The molecule has 0 aliphatic rings. The quantitative estimate of drug-likeness (QED) is 0.799. The van der Waals surface area contributed by atoms with Gasteiger partial charge in [0.25, 0.3) is 5.56 Å². The molecule has 0 aliphatic heterocycles. The van der Waals surface area contributed by atoms with Gasteiger partial charge in [0, 0.05) is 12.4 Å². The van der Waals surface area contributed by atoms with Crippen molar-refractivity contribution in [2.75, 3.05) is 6.61 Å². The maximum atomic E-state index is 11.7. The minimum atomic E-state index is -0.424. The Balaban J connectivity index is 3.62. The van der Waals surface area contributed by atoms with Crippen LogP contribution in [0.5, 0.6) is 0 Å². The Morgan fingerprint density at radius 3 is 2.47 bits per heavy atom. The Labute approximate surface area is 103 Å². The third kappa shape index (κ3) is 2.24. The SMILES string of the molecule is Cn1c(=O)c(Br)c(CBr)n(CCO)c1=O. The summed E-state index contributed by atoms with van der Waals surface area (Å²) in [7, 11) is 1.40. The van der Waals surface area contributed by atoms with Crippen molar-refractivity contribution in [2.45, 2.75) is 11.9 Å². The molecule has 0 fully saturated rings. The number of aliphatic hydroxyl groups is 1. The van der Waals surface area contributed by atoms with Crippen molar-refractivity contribution < 1.29 is 5.11 Å². The third-order valence-corrected chi connectivity index (χ3v) is 3.37. The van der Waals surface area contributed by atoms with Crippen molar-refractivity contribution in [1.82, 2.24) is 9.13 Å². The number of rotatable bonds is 3. The Morgan fingerprint density at radius 2 is 2.00 bits per heavy atom. The molecule has 15 heavy (non-hydrogen) atoms. The molecule has 84 valence electrons. The van der Waals surface area contributed by atoms with Crippen molar-refractivity contribution in [2.24, 2.45) is 7.05 Å². The van der Waals surface area contributed by atoms with E-state index in [1.807, 2.05) is 0 Å². The van der Waals surface area contributed by atoms with Gasteiger partial charge in [0.15, 0.2) is 0 Å². The molecule has 1 heterocycles. The van der Waals surface area contributed by atoms with Gasteiger partial charge in [-0.2, -0.15) is 0 Å². The van der Waals surface area contributed by atoms with Crippen LogP contribution in [0.15, 0.2) is 14.1 Å². The topological polar surface area (TPSA) is 64.2 Å². The van der Waals surface area contributed by atoms with Crippen LogP contribution in [0.4, 0.5) is 0 Å². The van der Waals surface area contributed by atoms with E-state index in [0.29, 0.717) is 15.5 Å². The number of nitrogens with zero attached hydrogens (tertiary/aromatic N) is 2. The first kappa shape index (κ1) is 12.7. The lowest BCUT2D eigenvalue weighted by Gasteiger charge is -2.12. The van der Waals surface area contributed by atoms with E-state index < -0.39 is 5.69 Å².